The highest BCUT2D eigenvalue weighted by atomic mass is 32.2. The molecule has 3 aromatic carbocycles. The number of hydrogen-bond acceptors (Lipinski definition) is 6. The van der Waals surface area contributed by atoms with E-state index in [2.05, 4.69) is 49.4 Å². The molecule has 6 N–H and O–H groups in total. The molecule has 0 saturated heterocycles. The molecule has 10 heteroatoms. The number of aromatic amines is 1. The van der Waals surface area contributed by atoms with Gasteiger partial charge in [-0.2, -0.15) is 0 Å². The molecule has 1 unspecified atom stereocenters. The average molecular weight is 586 g/mol. The summed E-state index contributed by atoms with van der Waals surface area (Å²) < 4.78 is 0. The molecule has 1 aromatic heterocycles. The number of hydrogen-bond donors (Lipinski definition) is 6. The minimum Gasteiger partial charge on any atom is -0.368 e. The summed E-state index contributed by atoms with van der Waals surface area (Å²) in [7, 11) is 1.71. The van der Waals surface area contributed by atoms with Crippen LogP contribution in [0.25, 0.3) is 10.8 Å². The average Bonchev–Trinajstić information content (AvgIpc) is 3.56. The van der Waals surface area contributed by atoms with Gasteiger partial charge in [0.1, 0.15) is 11.9 Å². The fraction of sp³-hybridized carbons (Fsp3) is 0.312. The van der Waals surface area contributed by atoms with Gasteiger partial charge in [-0.05, 0) is 60.7 Å². The second-order valence-electron chi connectivity index (χ2n) is 10.2. The number of nitrogens with one attached hydrogen (secondary N) is 6. The van der Waals surface area contributed by atoms with Gasteiger partial charge in [-0.25, -0.2) is 4.98 Å². The number of carbonyl (C=O) groups excluding carboxylic acids is 2. The van der Waals surface area contributed by atoms with Crippen molar-refractivity contribution in [1.29, 1.82) is 5.41 Å². The summed E-state index contributed by atoms with van der Waals surface area (Å²) in [4.78, 5) is 34.1. The lowest BCUT2D eigenvalue weighted by Crippen LogP contribution is -2.47. The van der Waals surface area contributed by atoms with Gasteiger partial charge in [0.05, 0.1) is 12.1 Å². The topological polar surface area (TPSA) is 135 Å². The summed E-state index contributed by atoms with van der Waals surface area (Å²) >= 11 is 1.38. The molecule has 0 radical (unpaired) electrons. The maximum Gasteiger partial charge on any atom is 0.251 e. The van der Waals surface area contributed by atoms with Crippen LogP contribution in [0.2, 0.25) is 0 Å². The number of carbonyl (C=O) groups is 2. The first-order valence-corrected chi connectivity index (χ1v) is 15.1. The number of nitrogens with zero attached hydrogens (tertiary/aromatic N) is 1. The number of fused-ring (bicyclic) bond motifs is 1. The highest BCUT2D eigenvalue weighted by molar-refractivity contribution is 8.13. The van der Waals surface area contributed by atoms with E-state index in [1.54, 1.807) is 31.6 Å². The van der Waals surface area contributed by atoms with Gasteiger partial charge in [0, 0.05) is 37.3 Å². The van der Waals surface area contributed by atoms with Gasteiger partial charge < -0.3 is 26.3 Å². The lowest BCUT2D eigenvalue weighted by Gasteiger charge is -2.23. The lowest BCUT2D eigenvalue weighted by molar-refractivity contribution is -0.123. The van der Waals surface area contributed by atoms with Gasteiger partial charge in [0.2, 0.25) is 5.91 Å². The molecule has 3 atom stereocenters. The van der Waals surface area contributed by atoms with E-state index in [0.717, 1.165) is 27.7 Å². The molecule has 220 valence electrons. The number of amides is 2. The Balaban J connectivity index is 1.40. The fourth-order valence-corrected chi connectivity index (χ4v) is 5.38. The number of amidine groups is 1. The van der Waals surface area contributed by atoms with Crippen molar-refractivity contribution in [2.75, 3.05) is 12.8 Å². The number of benzene rings is 3. The van der Waals surface area contributed by atoms with Gasteiger partial charge >= 0.3 is 0 Å². The van der Waals surface area contributed by atoms with E-state index in [4.69, 9.17) is 5.41 Å². The molecule has 42 heavy (non-hydrogen) atoms. The minimum absolute atomic E-state index is 0.0634. The molecule has 0 saturated carbocycles. The van der Waals surface area contributed by atoms with Gasteiger partial charge in [-0.1, -0.05) is 66.4 Å². The van der Waals surface area contributed by atoms with Crippen molar-refractivity contribution in [3.05, 3.63) is 102 Å². The summed E-state index contributed by atoms with van der Waals surface area (Å²) in [6, 6.07) is 20.6. The van der Waals surface area contributed by atoms with Crippen molar-refractivity contribution in [3.63, 3.8) is 0 Å². The van der Waals surface area contributed by atoms with Crippen molar-refractivity contribution < 1.29 is 9.59 Å². The number of thioether (sulfide) groups is 1. The zero-order chi connectivity index (χ0) is 29.9. The van der Waals surface area contributed by atoms with Crippen LogP contribution in [0.3, 0.4) is 0 Å². The summed E-state index contributed by atoms with van der Waals surface area (Å²) in [6.45, 7) is 4.62. The van der Waals surface area contributed by atoms with Crippen molar-refractivity contribution in [3.8, 4) is 0 Å². The Hall–Kier alpha value is -4.15. The molecule has 0 spiro atoms. The zero-order valence-electron chi connectivity index (χ0n) is 24.2. The first-order chi connectivity index (χ1) is 20.4. The van der Waals surface area contributed by atoms with E-state index in [9.17, 15) is 9.59 Å². The Morgan fingerprint density at radius 3 is 2.48 bits per heavy atom. The zero-order valence-corrected chi connectivity index (χ0v) is 25.1. The van der Waals surface area contributed by atoms with Crippen molar-refractivity contribution in [2.45, 2.75) is 51.4 Å². The van der Waals surface area contributed by atoms with Crippen LogP contribution in [0.4, 0.5) is 0 Å². The number of rotatable bonds is 13. The third-order valence-electron chi connectivity index (χ3n) is 7.14. The first-order valence-electron chi connectivity index (χ1n) is 14.1. The number of aromatic nitrogens is 2. The molecule has 0 fully saturated rings. The van der Waals surface area contributed by atoms with Crippen LogP contribution in [0.1, 0.15) is 66.1 Å². The van der Waals surface area contributed by atoms with Crippen LogP contribution < -0.4 is 21.3 Å². The van der Waals surface area contributed by atoms with E-state index >= 15 is 0 Å². The van der Waals surface area contributed by atoms with Crippen molar-refractivity contribution in [1.82, 2.24) is 31.2 Å². The Bertz CT molecular complexity index is 1470. The van der Waals surface area contributed by atoms with E-state index in [0.29, 0.717) is 35.9 Å². The standard InChI is InChI=1S/C32H39N7O2S/c1-21(26-11-6-9-24-8-4-5-10-27(24)26)38-31(41)28(12-7-19-42-32(33)34-3)39-30(40)25-15-13-23(14-16-25)20-37-22(2)29-35-17-18-36-29/h4-6,8-11,13-18,21-22,28,37H,7,12,19-20H2,1-3H3,(H2,33,34)(H,35,36)(H,38,41)(H,39,40)/t21-,22?,28-/m0/s1. The summed E-state index contributed by atoms with van der Waals surface area (Å²) in [6.07, 6.45) is 4.64. The van der Waals surface area contributed by atoms with Gasteiger partial charge in [0.25, 0.3) is 5.91 Å². The van der Waals surface area contributed by atoms with Crippen LogP contribution in [-0.4, -0.2) is 45.8 Å². The van der Waals surface area contributed by atoms with Crippen molar-refractivity contribution >= 4 is 39.5 Å². The van der Waals surface area contributed by atoms with Gasteiger partial charge in [0.15, 0.2) is 5.17 Å². The highest BCUT2D eigenvalue weighted by Gasteiger charge is 2.23. The lowest BCUT2D eigenvalue weighted by atomic mass is 9.99. The Kier molecular flexibility index (Phi) is 11.1. The smallest absolute Gasteiger partial charge is 0.251 e. The highest BCUT2D eigenvalue weighted by Crippen LogP contribution is 2.24. The van der Waals surface area contributed by atoms with E-state index in [-0.39, 0.29) is 23.9 Å². The monoisotopic (exact) mass is 585 g/mol. The quantitative estimate of drug-likeness (QED) is 0.0738. The maximum atomic E-state index is 13.5. The van der Waals surface area contributed by atoms with E-state index in [1.165, 1.54) is 11.8 Å². The predicted octanol–water partition coefficient (Wildman–Crippen LogP) is 5.06. The normalized spacial score (nSPS) is 13.2. The molecule has 0 aliphatic rings. The van der Waals surface area contributed by atoms with Gasteiger partial charge in [-0.3, -0.25) is 15.0 Å². The summed E-state index contributed by atoms with van der Waals surface area (Å²) in [5, 5.41) is 22.7. The molecular formula is C32H39N7O2S. The Labute approximate surface area is 251 Å². The second-order valence-corrected chi connectivity index (χ2v) is 11.3. The van der Waals surface area contributed by atoms with Crippen LogP contribution in [0, 0.1) is 5.41 Å². The van der Waals surface area contributed by atoms with Crippen molar-refractivity contribution in [2.24, 2.45) is 0 Å². The minimum atomic E-state index is -0.713. The molecule has 1 heterocycles. The SMILES string of the molecule is CNC(=N)SCCC[C@H](NC(=O)c1ccc(CNC(C)c2ncc[nH]2)cc1)C(=O)N[C@@H](C)c1cccc2ccccc12. The molecule has 4 rings (SSSR count). The molecule has 0 aliphatic heterocycles. The molecule has 9 nitrogen and oxygen atoms in total. The van der Waals surface area contributed by atoms with Crippen LogP contribution in [0.5, 0.6) is 0 Å². The summed E-state index contributed by atoms with van der Waals surface area (Å²) in [5.74, 6) is 1.000. The van der Waals surface area contributed by atoms with E-state index in [1.807, 2.05) is 50.2 Å². The second kappa shape index (κ2) is 15.2. The van der Waals surface area contributed by atoms with Crippen LogP contribution >= 0.6 is 11.8 Å². The molecular weight excluding hydrogens is 546 g/mol. The van der Waals surface area contributed by atoms with Gasteiger partial charge in [-0.15, -0.1) is 0 Å². The molecule has 2 amide bonds. The molecule has 0 aliphatic carbocycles. The first kappa shape index (κ1) is 30.8. The molecule has 4 aromatic rings. The predicted molar refractivity (Wildman–Crippen MR) is 171 cm³/mol. The fourth-order valence-electron chi connectivity index (χ4n) is 4.72. The Morgan fingerprint density at radius 2 is 1.74 bits per heavy atom. The number of H-pyrrole nitrogens is 1. The largest absolute Gasteiger partial charge is 0.368 e. The maximum absolute atomic E-state index is 13.5. The van der Waals surface area contributed by atoms with Crippen LogP contribution in [-0.2, 0) is 11.3 Å². The summed E-state index contributed by atoms with van der Waals surface area (Å²) in [5.41, 5.74) is 2.55. The Morgan fingerprint density at radius 1 is 0.976 bits per heavy atom. The molecule has 0 bridgehead atoms. The third kappa shape index (κ3) is 8.43. The van der Waals surface area contributed by atoms with Crippen LogP contribution in [0.15, 0.2) is 79.1 Å². The number of imidazole rings is 1. The van der Waals surface area contributed by atoms with E-state index < -0.39 is 6.04 Å². The third-order valence-corrected chi connectivity index (χ3v) is 8.12.